The van der Waals surface area contributed by atoms with E-state index in [1.54, 1.807) is 54.7 Å². The molecule has 0 saturated carbocycles. The molecule has 140 valence electrons. The van der Waals surface area contributed by atoms with Crippen molar-refractivity contribution in [1.29, 1.82) is 0 Å². The molecule has 0 aliphatic heterocycles. The zero-order valence-electron chi connectivity index (χ0n) is 14.7. The van der Waals surface area contributed by atoms with Gasteiger partial charge in [0.2, 0.25) is 0 Å². The number of hydrogen-bond acceptors (Lipinski definition) is 5. The topological polar surface area (TPSA) is 101 Å². The van der Waals surface area contributed by atoms with Crippen LogP contribution in [0.2, 0.25) is 0 Å². The Morgan fingerprint density at radius 3 is 2.04 bits per heavy atom. The molecular formula is C20H29O5-. The van der Waals surface area contributed by atoms with Crippen LogP contribution in [0.3, 0.4) is 0 Å². The third-order valence-electron chi connectivity index (χ3n) is 3.26. The molecule has 0 aromatic rings. The van der Waals surface area contributed by atoms with Gasteiger partial charge >= 0.3 is 0 Å². The van der Waals surface area contributed by atoms with Crippen molar-refractivity contribution in [1.82, 2.24) is 0 Å². The van der Waals surface area contributed by atoms with Gasteiger partial charge in [0.25, 0.3) is 0 Å². The summed E-state index contributed by atoms with van der Waals surface area (Å²) in [6, 6.07) is 0. The van der Waals surface area contributed by atoms with Gasteiger partial charge in [0.15, 0.2) is 0 Å². The number of carboxylic acid groups (broad SMARTS) is 1. The summed E-state index contributed by atoms with van der Waals surface area (Å²) in [6.45, 7) is 1.90. The Hall–Kier alpha value is -1.95. The van der Waals surface area contributed by atoms with Gasteiger partial charge in [0.05, 0.1) is 18.3 Å². The number of aliphatic hydroxyl groups excluding tert-OH is 3. The van der Waals surface area contributed by atoms with Crippen LogP contribution in [0, 0.1) is 0 Å². The molecule has 3 N–H and O–H groups in total. The van der Waals surface area contributed by atoms with Crippen LogP contribution < -0.4 is 5.11 Å². The monoisotopic (exact) mass is 349 g/mol. The summed E-state index contributed by atoms with van der Waals surface area (Å²) in [5, 5.41) is 38.9. The smallest absolute Gasteiger partial charge is 0.0758 e. The lowest BCUT2D eigenvalue weighted by molar-refractivity contribution is -0.305. The molecule has 0 rings (SSSR count). The molecule has 0 bridgehead atoms. The van der Waals surface area contributed by atoms with E-state index >= 15 is 0 Å². The standard InChI is InChI=1S/C20H30O5/c1-2-17(21)11-8-5-9-14-18(22)12-6-3-4-7-13-19(23)15-10-16-20(24)25/h3-9,11-13,17-19,21-23H,2,10,14-16H2,1H3,(H,24,25)/p-1/b4-3+,9-5-,11-8+,12-6+,13-7-/t17-,18?,19?/m1/s1. The maximum Gasteiger partial charge on any atom is 0.0758 e. The first-order chi connectivity index (χ1) is 12.0. The van der Waals surface area contributed by atoms with Crippen LogP contribution in [0.25, 0.3) is 0 Å². The molecule has 0 amide bonds. The van der Waals surface area contributed by atoms with E-state index in [0.717, 1.165) is 0 Å². The van der Waals surface area contributed by atoms with E-state index in [4.69, 9.17) is 0 Å². The highest BCUT2D eigenvalue weighted by atomic mass is 16.4. The summed E-state index contributed by atoms with van der Waals surface area (Å²) < 4.78 is 0. The van der Waals surface area contributed by atoms with Crippen molar-refractivity contribution in [3.05, 3.63) is 60.8 Å². The average molecular weight is 349 g/mol. The second-order valence-corrected chi connectivity index (χ2v) is 5.58. The summed E-state index contributed by atoms with van der Waals surface area (Å²) in [6.07, 6.45) is 17.3. The molecular weight excluding hydrogens is 320 g/mol. The Morgan fingerprint density at radius 1 is 0.880 bits per heavy atom. The fourth-order valence-electron chi connectivity index (χ4n) is 1.77. The van der Waals surface area contributed by atoms with Crippen molar-refractivity contribution >= 4 is 5.97 Å². The van der Waals surface area contributed by atoms with E-state index in [1.165, 1.54) is 0 Å². The minimum atomic E-state index is -1.11. The molecule has 2 unspecified atom stereocenters. The summed E-state index contributed by atoms with van der Waals surface area (Å²) in [5.41, 5.74) is 0. The van der Waals surface area contributed by atoms with Crippen molar-refractivity contribution in [2.24, 2.45) is 0 Å². The molecule has 0 aliphatic carbocycles. The minimum absolute atomic E-state index is 0.0508. The number of carbonyl (C=O) groups is 1. The van der Waals surface area contributed by atoms with Crippen LogP contribution in [-0.4, -0.2) is 39.6 Å². The predicted octanol–water partition coefficient (Wildman–Crippen LogP) is 1.57. The second kappa shape index (κ2) is 15.6. The highest BCUT2D eigenvalue weighted by Gasteiger charge is 1.97. The highest BCUT2D eigenvalue weighted by molar-refractivity contribution is 5.64. The summed E-state index contributed by atoms with van der Waals surface area (Å²) in [4.78, 5) is 10.2. The molecule has 5 heteroatoms. The van der Waals surface area contributed by atoms with Crippen molar-refractivity contribution in [2.75, 3.05) is 0 Å². The molecule has 0 aliphatic rings. The van der Waals surface area contributed by atoms with Crippen LogP contribution in [0.5, 0.6) is 0 Å². The lowest BCUT2D eigenvalue weighted by Gasteiger charge is -2.04. The SMILES string of the molecule is CC[C@@H](O)/C=C/C=C\CC(O)/C=C/C=C/C=C\C(O)CCCC(=O)[O-]. The maximum atomic E-state index is 10.2. The van der Waals surface area contributed by atoms with Gasteiger partial charge in [-0.2, -0.15) is 0 Å². The maximum absolute atomic E-state index is 10.2. The number of aliphatic hydroxyl groups is 3. The van der Waals surface area contributed by atoms with Crippen molar-refractivity contribution < 1.29 is 25.2 Å². The quantitative estimate of drug-likeness (QED) is 0.438. The number of carbonyl (C=O) groups excluding carboxylic acids is 1. The molecule has 5 nitrogen and oxygen atoms in total. The number of aliphatic carboxylic acids is 1. The Labute approximate surface area is 150 Å². The van der Waals surface area contributed by atoms with E-state index in [9.17, 15) is 25.2 Å². The molecule has 0 aromatic carbocycles. The van der Waals surface area contributed by atoms with E-state index < -0.39 is 24.3 Å². The van der Waals surface area contributed by atoms with Gasteiger partial charge in [-0.1, -0.05) is 67.7 Å². The van der Waals surface area contributed by atoms with Gasteiger partial charge in [0.1, 0.15) is 0 Å². The van der Waals surface area contributed by atoms with E-state index in [-0.39, 0.29) is 6.42 Å². The first-order valence-corrected chi connectivity index (χ1v) is 8.54. The molecule has 3 atom stereocenters. The lowest BCUT2D eigenvalue weighted by atomic mass is 10.1. The number of hydrogen-bond donors (Lipinski definition) is 3. The lowest BCUT2D eigenvalue weighted by Crippen LogP contribution is -2.22. The third kappa shape index (κ3) is 16.7. The molecule has 0 aromatic heterocycles. The Bertz CT molecular complexity index is 488. The minimum Gasteiger partial charge on any atom is -0.550 e. The van der Waals surface area contributed by atoms with Gasteiger partial charge in [-0.25, -0.2) is 0 Å². The largest absolute Gasteiger partial charge is 0.550 e. The molecule has 0 radical (unpaired) electrons. The Kier molecular flexibility index (Phi) is 14.4. The number of rotatable bonds is 13. The zero-order valence-corrected chi connectivity index (χ0v) is 14.7. The average Bonchev–Trinajstić information content (AvgIpc) is 2.57. The van der Waals surface area contributed by atoms with Gasteiger partial charge in [-0.3, -0.25) is 0 Å². The second-order valence-electron chi connectivity index (χ2n) is 5.58. The molecule has 0 heterocycles. The van der Waals surface area contributed by atoms with Gasteiger partial charge in [0, 0.05) is 5.97 Å². The molecule has 0 saturated heterocycles. The number of allylic oxidation sites excluding steroid dienone is 6. The highest BCUT2D eigenvalue weighted by Crippen LogP contribution is 2.02. The van der Waals surface area contributed by atoms with Crippen LogP contribution in [-0.2, 0) is 4.79 Å². The van der Waals surface area contributed by atoms with Crippen LogP contribution >= 0.6 is 0 Å². The van der Waals surface area contributed by atoms with Crippen LogP contribution in [0.4, 0.5) is 0 Å². The summed E-state index contributed by atoms with van der Waals surface area (Å²) in [5.74, 6) is -1.11. The zero-order chi connectivity index (χ0) is 18.9. The molecule has 0 fully saturated rings. The predicted molar refractivity (Wildman–Crippen MR) is 97.5 cm³/mol. The summed E-state index contributed by atoms with van der Waals surface area (Å²) >= 11 is 0. The van der Waals surface area contributed by atoms with Crippen LogP contribution in [0.1, 0.15) is 39.0 Å². The third-order valence-corrected chi connectivity index (χ3v) is 3.26. The fourth-order valence-corrected chi connectivity index (χ4v) is 1.77. The summed E-state index contributed by atoms with van der Waals surface area (Å²) in [7, 11) is 0. The van der Waals surface area contributed by atoms with Gasteiger partial charge in [-0.15, -0.1) is 0 Å². The van der Waals surface area contributed by atoms with Crippen LogP contribution in [0.15, 0.2) is 60.8 Å². The van der Waals surface area contributed by atoms with Gasteiger partial charge in [-0.05, 0) is 32.1 Å². The van der Waals surface area contributed by atoms with Crippen molar-refractivity contribution in [3.8, 4) is 0 Å². The Balaban J connectivity index is 3.95. The van der Waals surface area contributed by atoms with E-state index in [0.29, 0.717) is 25.7 Å². The molecule has 0 spiro atoms. The van der Waals surface area contributed by atoms with E-state index in [1.807, 2.05) is 13.0 Å². The van der Waals surface area contributed by atoms with E-state index in [2.05, 4.69) is 0 Å². The fraction of sp³-hybridized carbons (Fsp3) is 0.450. The van der Waals surface area contributed by atoms with Crippen molar-refractivity contribution in [3.63, 3.8) is 0 Å². The van der Waals surface area contributed by atoms with Crippen molar-refractivity contribution in [2.45, 2.75) is 57.3 Å². The van der Waals surface area contributed by atoms with Gasteiger partial charge < -0.3 is 25.2 Å². The Morgan fingerprint density at radius 2 is 1.44 bits per heavy atom. The first-order valence-electron chi connectivity index (χ1n) is 8.54. The molecule has 25 heavy (non-hydrogen) atoms. The normalized spacial score (nSPS) is 16.6. The first kappa shape index (κ1) is 23.1. The number of carboxylic acids is 1.